The van der Waals surface area contributed by atoms with Crippen molar-refractivity contribution in [1.82, 2.24) is 10.2 Å². The van der Waals surface area contributed by atoms with E-state index >= 15 is 0 Å². The van der Waals surface area contributed by atoms with Gasteiger partial charge in [0.2, 0.25) is 5.91 Å². The second-order valence-corrected chi connectivity index (χ2v) is 12.4. The maximum Gasteiger partial charge on any atom is 0.287 e. The van der Waals surface area contributed by atoms with Gasteiger partial charge in [-0.3, -0.25) is 14.4 Å². The number of nitrogens with zero attached hydrogens (tertiary/aromatic N) is 1. The summed E-state index contributed by atoms with van der Waals surface area (Å²) in [5.74, 6) is -1.01. The van der Waals surface area contributed by atoms with Crippen LogP contribution in [-0.4, -0.2) is 39.5 Å². The highest BCUT2D eigenvalue weighted by molar-refractivity contribution is 6.30. The Morgan fingerprint density at radius 2 is 1.73 bits per heavy atom. The normalized spacial score (nSPS) is 17.4. The second kappa shape index (κ2) is 13.2. The number of halogens is 1. The molecule has 1 saturated carbocycles. The van der Waals surface area contributed by atoms with Gasteiger partial charge in [-0.15, -0.1) is 0 Å². The van der Waals surface area contributed by atoms with Gasteiger partial charge in [-0.25, -0.2) is 0 Å². The van der Waals surface area contributed by atoms with Gasteiger partial charge in [0.15, 0.2) is 22.7 Å². The van der Waals surface area contributed by atoms with Crippen molar-refractivity contribution in [3.05, 3.63) is 116 Å². The van der Waals surface area contributed by atoms with Gasteiger partial charge in [0.1, 0.15) is 5.58 Å². The Bertz CT molecular complexity index is 1820. The largest absolute Gasteiger partial charge is 0.504 e. The Hall–Kier alpha value is -4.56. The number of aromatic hydroxyl groups is 2. The smallest absolute Gasteiger partial charge is 0.287 e. The number of likely N-dealkylation sites (tertiary alicyclic amines) is 1. The van der Waals surface area contributed by atoms with Crippen molar-refractivity contribution >= 4 is 34.4 Å². The van der Waals surface area contributed by atoms with E-state index in [0.717, 1.165) is 62.4 Å². The highest BCUT2D eigenvalue weighted by atomic mass is 35.5. The molecule has 45 heavy (non-hydrogen) atoms. The molecule has 1 saturated heterocycles. The van der Waals surface area contributed by atoms with Crippen molar-refractivity contribution in [2.24, 2.45) is 0 Å². The first-order valence-electron chi connectivity index (χ1n) is 15.3. The molecule has 6 rings (SSSR count). The average molecular weight is 627 g/mol. The topological polar surface area (TPSA) is 120 Å². The lowest BCUT2D eigenvalue weighted by atomic mass is 9.79. The van der Waals surface area contributed by atoms with Gasteiger partial charge in [-0.1, -0.05) is 59.6 Å². The Kier molecular flexibility index (Phi) is 8.94. The highest BCUT2D eigenvalue weighted by Gasteiger charge is 2.25. The van der Waals surface area contributed by atoms with E-state index in [1.54, 1.807) is 0 Å². The van der Waals surface area contributed by atoms with E-state index in [-0.39, 0.29) is 28.7 Å². The molecule has 3 N–H and O–H groups in total. The van der Waals surface area contributed by atoms with Crippen LogP contribution in [-0.2, 0) is 17.8 Å². The first kappa shape index (κ1) is 30.5. The summed E-state index contributed by atoms with van der Waals surface area (Å²) in [6.45, 7) is 1.48. The molecule has 232 valence electrons. The predicted octanol–water partition coefficient (Wildman–Crippen LogP) is 6.61. The minimum absolute atomic E-state index is 0.00302. The van der Waals surface area contributed by atoms with Crippen LogP contribution in [0.1, 0.15) is 71.7 Å². The zero-order chi connectivity index (χ0) is 31.5. The minimum atomic E-state index is -0.559. The van der Waals surface area contributed by atoms with E-state index in [0.29, 0.717) is 30.3 Å². The molecule has 1 atom stereocenters. The van der Waals surface area contributed by atoms with Crippen LogP contribution in [0.15, 0.2) is 87.6 Å². The van der Waals surface area contributed by atoms with Crippen molar-refractivity contribution in [2.75, 3.05) is 6.54 Å². The number of fused-ring (bicyclic) bond motifs is 1. The van der Waals surface area contributed by atoms with E-state index in [2.05, 4.69) is 29.6 Å². The van der Waals surface area contributed by atoms with Gasteiger partial charge in [-0.2, -0.15) is 0 Å². The van der Waals surface area contributed by atoms with E-state index in [1.807, 2.05) is 35.2 Å². The number of hydrogen-bond donors (Lipinski definition) is 3. The number of phenols is 2. The Morgan fingerprint density at radius 1 is 1.00 bits per heavy atom. The van der Waals surface area contributed by atoms with E-state index in [1.165, 1.54) is 16.7 Å². The van der Waals surface area contributed by atoms with Crippen LogP contribution in [0.2, 0.25) is 5.02 Å². The number of allylic oxidation sites excluding steroid dienone is 1. The predicted molar refractivity (Wildman–Crippen MR) is 173 cm³/mol. The van der Waals surface area contributed by atoms with Gasteiger partial charge in [0.25, 0.3) is 5.91 Å². The van der Waals surface area contributed by atoms with Gasteiger partial charge in [0.05, 0.1) is 11.4 Å². The summed E-state index contributed by atoms with van der Waals surface area (Å²) >= 11 is 6.10. The molecule has 1 aromatic heterocycles. The summed E-state index contributed by atoms with van der Waals surface area (Å²) in [6.07, 6.45) is 7.87. The summed E-state index contributed by atoms with van der Waals surface area (Å²) in [4.78, 5) is 40.3. The molecule has 9 heteroatoms. The molecule has 2 heterocycles. The lowest BCUT2D eigenvalue weighted by molar-refractivity contribution is -0.128. The molecular weight excluding hydrogens is 592 g/mol. The van der Waals surface area contributed by atoms with Gasteiger partial charge in [0, 0.05) is 36.7 Å². The molecule has 4 aromatic rings. The third-order valence-corrected chi connectivity index (χ3v) is 9.08. The highest BCUT2D eigenvalue weighted by Crippen LogP contribution is 2.38. The van der Waals surface area contributed by atoms with Crippen LogP contribution in [0.3, 0.4) is 0 Å². The number of carbonyl (C=O) groups is 2. The number of hydrogen-bond acceptors (Lipinski definition) is 6. The lowest BCUT2D eigenvalue weighted by Gasteiger charge is -2.28. The minimum Gasteiger partial charge on any atom is -0.504 e. The molecule has 3 aromatic carbocycles. The summed E-state index contributed by atoms with van der Waals surface area (Å²) in [5, 5.41) is 23.4. The number of phenolic OH excluding ortho intramolecular Hbond substituents is 2. The number of nitrogens with one attached hydrogen (secondary N) is 1. The van der Waals surface area contributed by atoms with Crippen LogP contribution in [0, 0.1) is 0 Å². The van der Waals surface area contributed by atoms with Gasteiger partial charge in [-0.05, 0) is 79.3 Å². The number of amides is 2. The maximum absolute atomic E-state index is 13.4. The SMILES string of the molecule is O=C(N[C@H](C=C1CCC(c2ccccc2CN2CCCC2=O)CC1)Cc1ccc(Cl)cc1)c1cc(=O)c2cc(O)c(O)cc2o1. The van der Waals surface area contributed by atoms with Crippen molar-refractivity contribution < 1.29 is 24.2 Å². The fourth-order valence-electron chi connectivity index (χ4n) is 6.46. The molecule has 8 nitrogen and oxygen atoms in total. The third kappa shape index (κ3) is 7.07. The van der Waals surface area contributed by atoms with Crippen molar-refractivity contribution in [3.63, 3.8) is 0 Å². The third-order valence-electron chi connectivity index (χ3n) is 8.83. The van der Waals surface area contributed by atoms with Gasteiger partial charge < -0.3 is 24.8 Å². The van der Waals surface area contributed by atoms with Crippen molar-refractivity contribution in [1.29, 1.82) is 0 Å². The number of rotatable bonds is 8. The van der Waals surface area contributed by atoms with Crippen LogP contribution >= 0.6 is 11.6 Å². The Balaban J connectivity index is 1.20. The zero-order valence-electron chi connectivity index (χ0n) is 24.8. The number of carbonyl (C=O) groups excluding carboxylic acids is 2. The molecule has 1 aliphatic carbocycles. The monoisotopic (exact) mass is 626 g/mol. The first-order chi connectivity index (χ1) is 21.7. The van der Waals surface area contributed by atoms with Crippen LogP contribution in [0.5, 0.6) is 11.5 Å². The fraction of sp³-hybridized carbons (Fsp3) is 0.306. The van der Waals surface area contributed by atoms with E-state index < -0.39 is 22.8 Å². The van der Waals surface area contributed by atoms with E-state index in [4.69, 9.17) is 16.0 Å². The van der Waals surface area contributed by atoms with Crippen molar-refractivity contribution in [2.45, 2.75) is 63.5 Å². The zero-order valence-corrected chi connectivity index (χ0v) is 25.6. The molecule has 2 fully saturated rings. The summed E-state index contributed by atoms with van der Waals surface area (Å²) in [7, 11) is 0. The Morgan fingerprint density at radius 3 is 2.47 bits per heavy atom. The second-order valence-electron chi connectivity index (χ2n) is 11.9. The molecule has 2 amide bonds. The number of benzene rings is 3. The van der Waals surface area contributed by atoms with Gasteiger partial charge >= 0.3 is 0 Å². The molecular formula is C36H35ClN2O6. The lowest BCUT2D eigenvalue weighted by Crippen LogP contribution is -2.36. The molecule has 0 bridgehead atoms. The molecule has 0 radical (unpaired) electrons. The van der Waals surface area contributed by atoms with Crippen molar-refractivity contribution in [3.8, 4) is 11.5 Å². The van der Waals surface area contributed by atoms with Crippen LogP contribution in [0.25, 0.3) is 11.0 Å². The Labute approximate surface area is 265 Å². The summed E-state index contributed by atoms with van der Waals surface area (Å²) in [6, 6.07) is 18.9. The van der Waals surface area contributed by atoms with E-state index in [9.17, 15) is 24.6 Å². The standard InChI is InChI=1S/C36H35ClN2O6/c37-26-13-9-23(10-14-26)17-27(38-36(44)34-19-30(40)29-18-31(41)32(42)20-33(29)45-34)16-22-7-11-24(12-8-22)28-5-2-1-4-25(28)21-39-15-3-6-35(39)43/h1-2,4-5,9-10,13-14,16,18-20,24,27,41-42H,3,6-8,11-12,15,17,21H2,(H,38,44)/t24?,27-/m1/s1. The summed E-state index contributed by atoms with van der Waals surface area (Å²) in [5.41, 5.74) is 4.27. The quantitative estimate of drug-likeness (QED) is 0.150. The molecule has 0 spiro atoms. The molecule has 0 unspecified atom stereocenters. The average Bonchev–Trinajstić information content (AvgIpc) is 3.43. The maximum atomic E-state index is 13.4. The fourth-order valence-corrected chi connectivity index (χ4v) is 6.59. The summed E-state index contributed by atoms with van der Waals surface area (Å²) < 4.78 is 5.68. The molecule has 1 aliphatic heterocycles. The van der Waals surface area contributed by atoms with Crippen LogP contribution < -0.4 is 10.7 Å². The van der Waals surface area contributed by atoms with Crippen LogP contribution in [0.4, 0.5) is 0 Å². The first-order valence-corrected chi connectivity index (χ1v) is 15.7. The molecule has 2 aliphatic rings.